The standard InChI is InChI=1S/C14H20N4O2S/c1-16-3-5-17(6-4-16)8-11(19)9-18-10-15-13-12(14(18)20)2-7-21-13/h2,7,10-11,19H,3-6,8-9H2,1H3/t11-/m0/s1. The van der Waals surface area contributed by atoms with E-state index in [1.54, 1.807) is 6.07 Å². The summed E-state index contributed by atoms with van der Waals surface area (Å²) < 4.78 is 1.51. The van der Waals surface area contributed by atoms with Crippen LogP contribution in [0.15, 0.2) is 22.6 Å². The summed E-state index contributed by atoms with van der Waals surface area (Å²) in [7, 11) is 2.11. The van der Waals surface area contributed by atoms with Crippen LogP contribution in [-0.4, -0.2) is 70.3 Å². The molecule has 1 N–H and O–H groups in total. The highest BCUT2D eigenvalue weighted by molar-refractivity contribution is 7.16. The highest BCUT2D eigenvalue weighted by Gasteiger charge is 2.18. The molecule has 3 rings (SSSR count). The fraction of sp³-hybridized carbons (Fsp3) is 0.571. The van der Waals surface area contributed by atoms with Crippen LogP contribution in [0.1, 0.15) is 0 Å². The lowest BCUT2D eigenvalue weighted by atomic mass is 10.2. The second kappa shape index (κ2) is 6.23. The van der Waals surface area contributed by atoms with Crippen molar-refractivity contribution < 1.29 is 5.11 Å². The van der Waals surface area contributed by atoms with Gasteiger partial charge < -0.3 is 10.0 Å². The van der Waals surface area contributed by atoms with Gasteiger partial charge in [-0.2, -0.15) is 0 Å². The van der Waals surface area contributed by atoms with Crippen molar-refractivity contribution in [3.8, 4) is 0 Å². The average molecular weight is 308 g/mol. The number of likely N-dealkylation sites (N-methyl/N-ethyl adjacent to an activating group) is 1. The molecule has 0 radical (unpaired) electrons. The summed E-state index contributed by atoms with van der Waals surface area (Å²) in [5, 5.41) is 12.7. The highest BCUT2D eigenvalue weighted by Crippen LogP contribution is 2.13. The third-order valence-corrected chi connectivity index (χ3v) is 4.74. The molecule has 1 aliphatic rings. The van der Waals surface area contributed by atoms with E-state index in [1.807, 2.05) is 5.38 Å². The lowest BCUT2D eigenvalue weighted by molar-refractivity contribution is 0.0704. The SMILES string of the molecule is CN1CCN(C[C@H](O)Cn2cnc3sccc3c2=O)CC1. The Morgan fingerprint density at radius 3 is 2.86 bits per heavy atom. The van der Waals surface area contributed by atoms with Crippen molar-refractivity contribution in [1.82, 2.24) is 19.4 Å². The molecule has 0 saturated carbocycles. The molecule has 0 aliphatic carbocycles. The summed E-state index contributed by atoms with van der Waals surface area (Å²) in [6.07, 6.45) is 0.984. The first-order valence-electron chi connectivity index (χ1n) is 7.15. The van der Waals surface area contributed by atoms with E-state index in [2.05, 4.69) is 21.8 Å². The Hall–Kier alpha value is -1.28. The molecule has 1 saturated heterocycles. The summed E-state index contributed by atoms with van der Waals surface area (Å²) >= 11 is 1.46. The number of fused-ring (bicyclic) bond motifs is 1. The van der Waals surface area contributed by atoms with Gasteiger partial charge in [-0.05, 0) is 18.5 Å². The number of thiophene rings is 1. The van der Waals surface area contributed by atoms with E-state index in [9.17, 15) is 9.90 Å². The Morgan fingerprint density at radius 2 is 2.10 bits per heavy atom. The first-order valence-corrected chi connectivity index (χ1v) is 8.03. The van der Waals surface area contributed by atoms with E-state index in [1.165, 1.54) is 22.2 Å². The molecular formula is C14H20N4O2S. The van der Waals surface area contributed by atoms with Crippen LogP contribution in [0.4, 0.5) is 0 Å². The Labute approximate surface area is 127 Å². The Kier molecular flexibility index (Phi) is 4.34. The maximum absolute atomic E-state index is 12.3. The molecule has 0 spiro atoms. The van der Waals surface area contributed by atoms with Crippen molar-refractivity contribution in [2.45, 2.75) is 12.6 Å². The first-order chi connectivity index (χ1) is 10.1. The lowest BCUT2D eigenvalue weighted by Crippen LogP contribution is -2.47. The van der Waals surface area contributed by atoms with Crippen LogP contribution in [0.3, 0.4) is 0 Å². The maximum atomic E-state index is 12.3. The number of aliphatic hydroxyl groups is 1. The lowest BCUT2D eigenvalue weighted by Gasteiger charge is -2.33. The number of β-amino-alcohol motifs (C(OH)–C–C–N with tert-alkyl or cyclic N) is 1. The Morgan fingerprint density at radius 1 is 1.33 bits per heavy atom. The second-order valence-electron chi connectivity index (χ2n) is 5.60. The Balaban J connectivity index is 1.64. The van der Waals surface area contributed by atoms with Crippen molar-refractivity contribution in [3.63, 3.8) is 0 Å². The van der Waals surface area contributed by atoms with Crippen molar-refractivity contribution >= 4 is 21.6 Å². The molecule has 1 atom stereocenters. The summed E-state index contributed by atoms with van der Waals surface area (Å²) in [5.41, 5.74) is -0.0707. The number of nitrogens with zero attached hydrogens (tertiary/aromatic N) is 4. The third kappa shape index (κ3) is 3.32. The number of hydrogen-bond acceptors (Lipinski definition) is 6. The number of hydrogen-bond donors (Lipinski definition) is 1. The van der Waals surface area contributed by atoms with Crippen LogP contribution < -0.4 is 5.56 Å². The monoisotopic (exact) mass is 308 g/mol. The number of aliphatic hydroxyl groups excluding tert-OH is 1. The zero-order valence-electron chi connectivity index (χ0n) is 12.1. The third-order valence-electron chi connectivity index (χ3n) is 3.92. The molecular weight excluding hydrogens is 288 g/mol. The molecule has 0 aromatic carbocycles. The predicted octanol–water partition coefficient (Wildman–Crippen LogP) is 0.0663. The van der Waals surface area contributed by atoms with Gasteiger partial charge in [0, 0.05) is 32.7 Å². The molecule has 2 aromatic heterocycles. The largest absolute Gasteiger partial charge is 0.390 e. The van der Waals surface area contributed by atoms with Crippen LogP contribution in [0.2, 0.25) is 0 Å². The zero-order valence-corrected chi connectivity index (χ0v) is 12.9. The molecule has 7 heteroatoms. The van der Waals surface area contributed by atoms with Crippen LogP contribution >= 0.6 is 11.3 Å². The van der Waals surface area contributed by atoms with Crippen LogP contribution in [0.25, 0.3) is 10.2 Å². The van der Waals surface area contributed by atoms with Crippen molar-refractivity contribution in [3.05, 3.63) is 28.1 Å². The van der Waals surface area contributed by atoms with Gasteiger partial charge in [-0.1, -0.05) is 0 Å². The van der Waals surface area contributed by atoms with Crippen molar-refractivity contribution in [1.29, 1.82) is 0 Å². The summed E-state index contributed by atoms with van der Waals surface area (Å²) in [5.74, 6) is 0. The van der Waals surface area contributed by atoms with Gasteiger partial charge in [0.1, 0.15) is 4.83 Å². The van der Waals surface area contributed by atoms with E-state index in [0.717, 1.165) is 31.0 Å². The maximum Gasteiger partial charge on any atom is 0.262 e. The fourth-order valence-corrected chi connectivity index (χ4v) is 3.36. The highest BCUT2D eigenvalue weighted by atomic mass is 32.1. The fourth-order valence-electron chi connectivity index (χ4n) is 2.64. The van der Waals surface area contributed by atoms with Gasteiger partial charge in [-0.3, -0.25) is 14.3 Å². The average Bonchev–Trinajstić information content (AvgIpc) is 2.94. The quantitative estimate of drug-likeness (QED) is 0.866. The molecule has 1 aliphatic heterocycles. The molecule has 2 aromatic rings. The molecule has 21 heavy (non-hydrogen) atoms. The van der Waals surface area contributed by atoms with Gasteiger partial charge in [0.2, 0.25) is 0 Å². The summed E-state index contributed by atoms with van der Waals surface area (Å²) in [6.45, 7) is 4.87. The van der Waals surface area contributed by atoms with Crippen LogP contribution in [0.5, 0.6) is 0 Å². The summed E-state index contributed by atoms with van der Waals surface area (Å²) in [6, 6.07) is 1.79. The minimum Gasteiger partial charge on any atom is -0.390 e. The second-order valence-corrected chi connectivity index (χ2v) is 6.49. The van der Waals surface area contributed by atoms with Crippen LogP contribution in [0, 0.1) is 0 Å². The Bertz CT molecular complexity index is 660. The molecule has 0 amide bonds. The minimum absolute atomic E-state index is 0.0707. The van der Waals surface area contributed by atoms with E-state index < -0.39 is 6.10 Å². The van der Waals surface area contributed by atoms with Gasteiger partial charge in [0.25, 0.3) is 5.56 Å². The van der Waals surface area contributed by atoms with Gasteiger partial charge in [-0.25, -0.2) is 4.98 Å². The van der Waals surface area contributed by atoms with Gasteiger partial charge in [-0.15, -0.1) is 11.3 Å². The molecule has 0 bridgehead atoms. The normalized spacial score (nSPS) is 19.1. The molecule has 1 fully saturated rings. The topological polar surface area (TPSA) is 61.6 Å². The van der Waals surface area contributed by atoms with Gasteiger partial charge in [0.15, 0.2) is 0 Å². The van der Waals surface area contributed by atoms with Gasteiger partial charge in [0.05, 0.1) is 24.4 Å². The van der Waals surface area contributed by atoms with E-state index in [4.69, 9.17) is 0 Å². The predicted molar refractivity (Wildman–Crippen MR) is 83.8 cm³/mol. The van der Waals surface area contributed by atoms with E-state index in [-0.39, 0.29) is 5.56 Å². The molecule has 114 valence electrons. The minimum atomic E-state index is -0.552. The van der Waals surface area contributed by atoms with Crippen molar-refractivity contribution in [2.24, 2.45) is 0 Å². The van der Waals surface area contributed by atoms with E-state index in [0.29, 0.717) is 18.5 Å². The van der Waals surface area contributed by atoms with Crippen LogP contribution in [-0.2, 0) is 6.54 Å². The summed E-state index contributed by atoms with van der Waals surface area (Å²) in [4.78, 5) is 21.8. The molecule has 6 nitrogen and oxygen atoms in total. The molecule has 0 unspecified atom stereocenters. The number of aromatic nitrogens is 2. The first kappa shape index (κ1) is 14.6. The smallest absolute Gasteiger partial charge is 0.262 e. The molecule has 3 heterocycles. The number of piperazine rings is 1. The zero-order chi connectivity index (χ0) is 14.8. The van der Waals surface area contributed by atoms with Gasteiger partial charge >= 0.3 is 0 Å². The van der Waals surface area contributed by atoms with Crippen molar-refractivity contribution in [2.75, 3.05) is 39.8 Å². The number of rotatable bonds is 4. The van der Waals surface area contributed by atoms with E-state index >= 15 is 0 Å².